The highest BCUT2D eigenvalue weighted by Crippen LogP contribution is 2.19. The zero-order valence-electron chi connectivity index (χ0n) is 14.6. The van der Waals surface area contributed by atoms with E-state index in [9.17, 15) is 4.79 Å². The van der Waals surface area contributed by atoms with Gasteiger partial charge in [-0.3, -0.25) is 0 Å². The summed E-state index contributed by atoms with van der Waals surface area (Å²) in [5, 5.41) is 7.46. The van der Waals surface area contributed by atoms with E-state index in [1.54, 1.807) is 24.1 Å². The fourth-order valence-corrected chi connectivity index (χ4v) is 2.42. The maximum Gasteiger partial charge on any atom is 0.321 e. The van der Waals surface area contributed by atoms with Crippen molar-refractivity contribution in [1.29, 1.82) is 0 Å². The Morgan fingerprint density at radius 3 is 2.54 bits per heavy atom. The van der Waals surface area contributed by atoms with Crippen LogP contribution in [0.15, 0.2) is 53.1 Å². The van der Waals surface area contributed by atoms with Crippen LogP contribution in [-0.2, 0) is 6.42 Å². The van der Waals surface area contributed by atoms with Crippen LogP contribution in [0.5, 0.6) is 0 Å². The second-order valence-corrected chi connectivity index (χ2v) is 6.43. The second kappa shape index (κ2) is 8.01. The number of likely N-dealkylation sites (N-methyl/N-ethyl adjacent to an activating group) is 1. The Morgan fingerprint density at radius 2 is 1.85 bits per heavy atom. The molecular weight excluding hydrogens is 352 g/mol. The molecule has 3 rings (SSSR count). The summed E-state index contributed by atoms with van der Waals surface area (Å²) in [5.41, 5.74) is 2.71. The minimum Gasteiger partial charge on any atom is -0.334 e. The number of carbonyl (C=O) groups excluding carboxylic acids is 1. The summed E-state index contributed by atoms with van der Waals surface area (Å²) in [5.74, 6) is 0.980. The lowest BCUT2D eigenvalue weighted by Crippen LogP contribution is -2.33. The van der Waals surface area contributed by atoms with Crippen LogP contribution in [0, 0.1) is 6.92 Å². The molecule has 2 aromatic carbocycles. The van der Waals surface area contributed by atoms with Crippen molar-refractivity contribution in [1.82, 2.24) is 15.0 Å². The van der Waals surface area contributed by atoms with Gasteiger partial charge in [-0.25, -0.2) is 4.79 Å². The summed E-state index contributed by atoms with van der Waals surface area (Å²) in [6, 6.07) is 14.6. The van der Waals surface area contributed by atoms with Gasteiger partial charge in [-0.2, -0.15) is 4.98 Å². The first-order valence-corrected chi connectivity index (χ1v) is 8.56. The molecular formula is C19H19ClN4O2. The highest BCUT2D eigenvalue weighted by molar-refractivity contribution is 6.30. The number of benzene rings is 2. The molecule has 0 fully saturated rings. The zero-order valence-corrected chi connectivity index (χ0v) is 15.3. The molecule has 26 heavy (non-hydrogen) atoms. The van der Waals surface area contributed by atoms with Crippen LogP contribution < -0.4 is 5.32 Å². The smallest absolute Gasteiger partial charge is 0.321 e. The number of amides is 2. The Balaban J connectivity index is 1.54. The lowest BCUT2D eigenvalue weighted by molar-refractivity contribution is 0.222. The molecule has 134 valence electrons. The van der Waals surface area contributed by atoms with Crippen molar-refractivity contribution in [2.24, 2.45) is 0 Å². The summed E-state index contributed by atoms with van der Waals surface area (Å²) >= 11 is 5.87. The van der Waals surface area contributed by atoms with E-state index in [1.165, 1.54) is 0 Å². The van der Waals surface area contributed by atoms with Gasteiger partial charge in [0.15, 0.2) is 5.82 Å². The minimum atomic E-state index is -0.185. The lowest BCUT2D eigenvalue weighted by atomic mass is 10.2. The number of aryl methyl sites for hydroxylation is 1. The third kappa shape index (κ3) is 4.61. The molecule has 6 nitrogen and oxygen atoms in total. The molecule has 0 spiro atoms. The van der Waals surface area contributed by atoms with E-state index in [0.29, 0.717) is 29.7 Å². The number of hydrogen-bond acceptors (Lipinski definition) is 4. The average molecular weight is 371 g/mol. The average Bonchev–Trinajstić information content (AvgIpc) is 3.11. The topological polar surface area (TPSA) is 71.3 Å². The van der Waals surface area contributed by atoms with Gasteiger partial charge in [-0.1, -0.05) is 34.5 Å². The number of halogens is 1. The highest BCUT2D eigenvalue weighted by atomic mass is 35.5. The van der Waals surface area contributed by atoms with Gasteiger partial charge in [-0.05, 0) is 43.3 Å². The molecule has 1 aromatic heterocycles. The van der Waals surface area contributed by atoms with Crippen molar-refractivity contribution >= 4 is 23.3 Å². The number of nitrogens with one attached hydrogen (secondary N) is 1. The molecule has 1 heterocycles. The molecule has 0 aliphatic heterocycles. The van der Waals surface area contributed by atoms with Crippen LogP contribution in [0.25, 0.3) is 11.5 Å². The van der Waals surface area contributed by atoms with Gasteiger partial charge in [0.25, 0.3) is 5.89 Å². The van der Waals surface area contributed by atoms with Crippen LogP contribution in [0.3, 0.4) is 0 Å². The van der Waals surface area contributed by atoms with Gasteiger partial charge < -0.3 is 14.7 Å². The first kappa shape index (κ1) is 17.9. The number of hydrogen-bond donors (Lipinski definition) is 1. The van der Waals surface area contributed by atoms with Gasteiger partial charge in [0, 0.05) is 36.3 Å². The van der Waals surface area contributed by atoms with Crippen molar-refractivity contribution in [3.8, 4) is 11.5 Å². The summed E-state index contributed by atoms with van der Waals surface area (Å²) in [6.45, 7) is 2.47. The predicted octanol–water partition coefficient (Wildman–Crippen LogP) is 4.40. The van der Waals surface area contributed by atoms with Gasteiger partial charge in [0.1, 0.15) is 0 Å². The molecule has 0 unspecified atom stereocenters. The predicted molar refractivity (Wildman–Crippen MR) is 101 cm³/mol. The molecule has 3 aromatic rings. The van der Waals surface area contributed by atoms with Gasteiger partial charge in [0.05, 0.1) is 0 Å². The summed E-state index contributed by atoms with van der Waals surface area (Å²) in [7, 11) is 1.73. The maximum atomic E-state index is 12.2. The van der Waals surface area contributed by atoms with Crippen LogP contribution in [0.1, 0.15) is 11.4 Å². The van der Waals surface area contributed by atoms with Crippen molar-refractivity contribution in [2.45, 2.75) is 13.3 Å². The fourth-order valence-electron chi connectivity index (χ4n) is 2.29. The molecule has 0 aliphatic rings. The Kier molecular flexibility index (Phi) is 5.53. The Hall–Kier alpha value is -2.86. The maximum absolute atomic E-state index is 12.2. The normalized spacial score (nSPS) is 10.6. The quantitative estimate of drug-likeness (QED) is 0.722. The first-order chi connectivity index (χ1) is 12.5. The monoisotopic (exact) mass is 370 g/mol. The van der Waals surface area contributed by atoms with Crippen molar-refractivity contribution in [3.05, 3.63) is 64.9 Å². The van der Waals surface area contributed by atoms with Crippen molar-refractivity contribution < 1.29 is 9.32 Å². The highest BCUT2D eigenvalue weighted by Gasteiger charge is 2.12. The van der Waals surface area contributed by atoms with Crippen LogP contribution in [-0.4, -0.2) is 34.7 Å². The van der Waals surface area contributed by atoms with E-state index in [2.05, 4.69) is 15.5 Å². The molecule has 0 aliphatic carbocycles. The molecule has 0 radical (unpaired) electrons. The molecule has 7 heteroatoms. The molecule has 0 saturated heterocycles. The molecule has 0 saturated carbocycles. The van der Waals surface area contributed by atoms with Crippen molar-refractivity contribution in [2.75, 3.05) is 18.9 Å². The summed E-state index contributed by atoms with van der Waals surface area (Å²) in [6.07, 6.45) is 0.495. The molecule has 1 N–H and O–H groups in total. The van der Waals surface area contributed by atoms with Crippen LogP contribution in [0.2, 0.25) is 5.02 Å². The third-order valence-electron chi connectivity index (χ3n) is 3.88. The summed E-state index contributed by atoms with van der Waals surface area (Å²) < 4.78 is 5.27. The van der Waals surface area contributed by atoms with E-state index in [4.69, 9.17) is 16.1 Å². The number of rotatable bonds is 5. The van der Waals surface area contributed by atoms with E-state index in [0.717, 1.165) is 16.8 Å². The largest absolute Gasteiger partial charge is 0.334 e. The van der Waals surface area contributed by atoms with Gasteiger partial charge >= 0.3 is 6.03 Å². The van der Waals surface area contributed by atoms with Gasteiger partial charge in [-0.15, -0.1) is 0 Å². The first-order valence-electron chi connectivity index (χ1n) is 8.18. The van der Waals surface area contributed by atoms with Gasteiger partial charge in [0.2, 0.25) is 0 Å². The van der Waals surface area contributed by atoms with E-state index < -0.39 is 0 Å². The zero-order chi connectivity index (χ0) is 18.5. The molecule has 0 bridgehead atoms. The minimum absolute atomic E-state index is 0.185. The summed E-state index contributed by atoms with van der Waals surface area (Å²) in [4.78, 5) is 18.2. The second-order valence-electron chi connectivity index (χ2n) is 5.99. The fraction of sp³-hybridized carbons (Fsp3) is 0.211. The van der Waals surface area contributed by atoms with E-state index >= 15 is 0 Å². The Morgan fingerprint density at radius 1 is 1.15 bits per heavy atom. The number of carbonyl (C=O) groups is 1. The standard InChI is InChI=1S/C19H19ClN4O2/c1-13-3-9-16(10-4-13)21-19(25)24(2)12-11-17-22-18(26-23-17)14-5-7-15(20)8-6-14/h3-10H,11-12H2,1-2H3,(H,21,25). The van der Waals surface area contributed by atoms with Crippen molar-refractivity contribution in [3.63, 3.8) is 0 Å². The lowest BCUT2D eigenvalue weighted by Gasteiger charge is -2.17. The third-order valence-corrected chi connectivity index (χ3v) is 4.13. The van der Waals surface area contributed by atoms with E-state index in [1.807, 2.05) is 43.3 Å². The SMILES string of the molecule is Cc1ccc(NC(=O)N(C)CCc2noc(-c3ccc(Cl)cc3)n2)cc1. The number of nitrogens with zero attached hydrogens (tertiary/aromatic N) is 3. The molecule has 0 atom stereocenters. The Bertz CT molecular complexity index is 875. The Labute approximate surface area is 156 Å². The number of aromatic nitrogens is 2. The van der Waals surface area contributed by atoms with Crippen LogP contribution >= 0.6 is 11.6 Å². The molecule has 2 amide bonds. The number of anilines is 1. The number of urea groups is 1. The van der Waals surface area contributed by atoms with Crippen LogP contribution in [0.4, 0.5) is 10.5 Å². The van der Waals surface area contributed by atoms with E-state index in [-0.39, 0.29) is 6.03 Å².